The molecule has 208 valence electrons. The lowest BCUT2D eigenvalue weighted by Gasteiger charge is -2.32. The molecule has 0 aromatic heterocycles. The fraction of sp³-hybridized carbons (Fsp3) is 0.286. The largest absolute Gasteiger partial charge is 0.354 e. The van der Waals surface area contributed by atoms with Gasteiger partial charge in [-0.2, -0.15) is 0 Å². The first-order chi connectivity index (χ1) is 18.4. The van der Waals surface area contributed by atoms with Gasteiger partial charge in [0.05, 0.1) is 15.6 Å². The zero-order valence-corrected chi connectivity index (χ0v) is 24.9. The van der Waals surface area contributed by atoms with Crippen molar-refractivity contribution in [1.29, 1.82) is 0 Å². The SMILES string of the molecule is CC(C)CNC(=O)C(C)N(Cc1ccc(Cl)cc1)C(=O)CN(c1ccc(Cl)cc1Cl)S(=O)(=O)c1ccccc1. The van der Waals surface area contributed by atoms with Crippen LogP contribution in [0.4, 0.5) is 5.69 Å². The summed E-state index contributed by atoms with van der Waals surface area (Å²) in [7, 11) is -4.22. The lowest BCUT2D eigenvalue weighted by Crippen LogP contribution is -2.51. The molecule has 1 atom stereocenters. The van der Waals surface area contributed by atoms with E-state index in [0.29, 0.717) is 16.6 Å². The Morgan fingerprint density at radius 3 is 2.08 bits per heavy atom. The molecule has 0 spiro atoms. The fourth-order valence-electron chi connectivity index (χ4n) is 3.74. The summed E-state index contributed by atoms with van der Waals surface area (Å²) in [6.07, 6.45) is 0. The van der Waals surface area contributed by atoms with Crippen LogP contribution in [-0.4, -0.2) is 44.3 Å². The molecule has 0 radical (unpaired) electrons. The van der Waals surface area contributed by atoms with Gasteiger partial charge >= 0.3 is 0 Å². The zero-order chi connectivity index (χ0) is 28.7. The fourth-order valence-corrected chi connectivity index (χ4v) is 5.88. The van der Waals surface area contributed by atoms with E-state index in [1.807, 2.05) is 13.8 Å². The first kappa shape index (κ1) is 30.8. The van der Waals surface area contributed by atoms with Crippen molar-refractivity contribution in [3.63, 3.8) is 0 Å². The van der Waals surface area contributed by atoms with Crippen molar-refractivity contribution in [2.75, 3.05) is 17.4 Å². The smallest absolute Gasteiger partial charge is 0.264 e. The predicted molar refractivity (Wildman–Crippen MR) is 157 cm³/mol. The van der Waals surface area contributed by atoms with Gasteiger partial charge in [-0.1, -0.05) is 79.0 Å². The summed E-state index contributed by atoms with van der Waals surface area (Å²) in [5.74, 6) is -0.740. The van der Waals surface area contributed by atoms with Crippen molar-refractivity contribution < 1.29 is 18.0 Å². The van der Waals surface area contributed by atoms with Crippen molar-refractivity contribution in [3.05, 3.63) is 93.4 Å². The Morgan fingerprint density at radius 1 is 0.872 bits per heavy atom. The molecular weight excluding hydrogens is 581 g/mol. The van der Waals surface area contributed by atoms with Crippen LogP contribution in [-0.2, 0) is 26.2 Å². The van der Waals surface area contributed by atoms with E-state index in [1.54, 1.807) is 49.4 Å². The Kier molecular flexibility index (Phi) is 10.7. The number of hydrogen-bond acceptors (Lipinski definition) is 4. The van der Waals surface area contributed by atoms with E-state index in [-0.39, 0.29) is 34.0 Å². The predicted octanol–water partition coefficient (Wildman–Crippen LogP) is 6.03. The van der Waals surface area contributed by atoms with Crippen LogP contribution < -0.4 is 9.62 Å². The maximum atomic E-state index is 13.9. The molecule has 3 rings (SSSR count). The van der Waals surface area contributed by atoms with Gasteiger partial charge in [0.25, 0.3) is 10.0 Å². The molecule has 0 aliphatic heterocycles. The highest BCUT2D eigenvalue weighted by Gasteiger charge is 2.33. The van der Waals surface area contributed by atoms with Gasteiger partial charge in [0.2, 0.25) is 11.8 Å². The number of anilines is 1. The van der Waals surface area contributed by atoms with E-state index in [1.165, 1.54) is 35.2 Å². The van der Waals surface area contributed by atoms with Crippen LogP contribution in [0.1, 0.15) is 26.3 Å². The number of hydrogen-bond donors (Lipinski definition) is 1. The molecule has 0 saturated heterocycles. The van der Waals surface area contributed by atoms with Gasteiger partial charge < -0.3 is 10.2 Å². The summed E-state index contributed by atoms with van der Waals surface area (Å²) < 4.78 is 28.5. The van der Waals surface area contributed by atoms with Crippen LogP contribution in [0.25, 0.3) is 0 Å². The molecule has 1 unspecified atom stereocenters. The topological polar surface area (TPSA) is 86.8 Å². The van der Waals surface area contributed by atoms with Crippen LogP contribution in [0, 0.1) is 5.92 Å². The summed E-state index contributed by atoms with van der Waals surface area (Å²) in [4.78, 5) is 28.2. The summed E-state index contributed by atoms with van der Waals surface area (Å²) >= 11 is 18.5. The maximum Gasteiger partial charge on any atom is 0.264 e. The lowest BCUT2D eigenvalue weighted by molar-refractivity contribution is -0.139. The number of carbonyl (C=O) groups excluding carboxylic acids is 2. The molecule has 2 amide bonds. The number of sulfonamides is 1. The third-order valence-corrected chi connectivity index (χ3v) is 8.47. The van der Waals surface area contributed by atoms with Crippen molar-refractivity contribution in [1.82, 2.24) is 10.2 Å². The van der Waals surface area contributed by atoms with Crippen molar-refractivity contribution in [2.24, 2.45) is 5.92 Å². The number of amides is 2. The quantitative estimate of drug-likeness (QED) is 0.287. The molecule has 0 aliphatic carbocycles. The van der Waals surface area contributed by atoms with Gasteiger partial charge in [0, 0.05) is 23.1 Å². The Balaban J connectivity index is 2.03. The van der Waals surface area contributed by atoms with Gasteiger partial charge in [0.15, 0.2) is 0 Å². The second-order valence-corrected chi connectivity index (χ2v) is 12.5. The van der Waals surface area contributed by atoms with E-state index in [2.05, 4.69) is 5.32 Å². The molecule has 0 saturated carbocycles. The minimum Gasteiger partial charge on any atom is -0.354 e. The minimum atomic E-state index is -4.22. The van der Waals surface area contributed by atoms with Gasteiger partial charge in [0.1, 0.15) is 12.6 Å². The molecule has 0 bridgehead atoms. The van der Waals surface area contributed by atoms with Gasteiger partial charge in [-0.25, -0.2) is 8.42 Å². The average Bonchev–Trinajstić information content (AvgIpc) is 2.90. The Morgan fingerprint density at radius 2 is 1.49 bits per heavy atom. The van der Waals surface area contributed by atoms with E-state index >= 15 is 0 Å². The third-order valence-electron chi connectivity index (χ3n) is 5.91. The van der Waals surface area contributed by atoms with Crippen molar-refractivity contribution in [2.45, 2.75) is 38.3 Å². The van der Waals surface area contributed by atoms with E-state index in [4.69, 9.17) is 34.8 Å². The summed E-state index contributed by atoms with van der Waals surface area (Å²) in [5, 5.41) is 3.74. The molecule has 7 nitrogen and oxygen atoms in total. The van der Waals surface area contributed by atoms with Gasteiger partial charge in [-0.3, -0.25) is 13.9 Å². The Hall–Kier alpha value is -2.78. The van der Waals surface area contributed by atoms with Crippen LogP contribution in [0.3, 0.4) is 0 Å². The molecule has 3 aromatic rings. The maximum absolute atomic E-state index is 13.9. The number of nitrogens with zero attached hydrogens (tertiary/aromatic N) is 2. The van der Waals surface area contributed by atoms with E-state index < -0.39 is 28.5 Å². The second-order valence-electron chi connectivity index (χ2n) is 9.38. The Labute approximate surface area is 244 Å². The number of carbonyl (C=O) groups is 2. The number of nitrogens with one attached hydrogen (secondary N) is 1. The number of rotatable bonds is 11. The summed E-state index contributed by atoms with van der Waals surface area (Å²) in [5.41, 5.74) is 0.805. The zero-order valence-electron chi connectivity index (χ0n) is 21.8. The standard InChI is InChI=1S/C28H30Cl3N3O4S/c1-19(2)16-32-28(36)20(3)33(17-21-9-11-22(29)12-10-21)27(35)18-34(26-14-13-23(30)15-25(26)31)39(37,38)24-7-5-4-6-8-24/h4-15,19-20H,16-18H2,1-3H3,(H,32,36). The number of halogens is 3. The highest BCUT2D eigenvalue weighted by atomic mass is 35.5. The van der Waals surface area contributed by atoms with Gasteiger partial charge in [-0.05, 0) is 60.9 Å². The van der Waals surface area contributed by atoms with Crippen LogP contribution in [0.2, 0.25) is 15.1 Å². The summed E-state index contributed by atoms with van der Waals surface area (Å²) in [6.45, 7) is 5.41. The molecule has 0 fully saturated rings. The van der Waals surface area contributed by atoms with Crippen LogP contribution in [0.5, 0.6) is 0 Å². The van der Waals surface area contributed by atoms with Crippen molar-refractivity contribution in [3.8, 4) is 0 Å². The minimum absolute atomic E-state index is 0.0178. The van der Waals surface area contributed by atoms with Crippen LogP contribution in [0.15, 0.2) is 77.7 Å². The van der Waals surface area contributed by atoms with E-state index in [0.717, 1.165) is 9.87 Å². The highest BCUT2D eigenvalue weighted by molar-refractivity contribution is 7.92. The Bertz CT molecular complexity index is 1400. The molecule has 11 heteroatoms. The average molecular weight is 611 g/mol. The lowest BCUT2D eigenvalue weighted by atomic mass is 10.1. The molecule has 0 aliphatic rings. The highest BCUT2D eigenvalue weighted by Crippen LogP contribution is 2.33. The molecule has 39 heavy (non-hydrogen) atoms. The van der Waals surface area contributed by atoms with Crippen LogP contribution >= 0.6 is 34.8 Å². The molecule has 0 heterocycles. The van der Waals surface area contributed by atoms with Gasteiger partial charge in [-0.15, -0.1) is 0 Å². The second kappa shape index (κ2) is 13.5. The molecule has 1 N–H and O–H groups in total. The monoisotopic (exact) mass is 609 g/mol. The normalized spacial score (nSPS) is 12.2. The van der Waals surface area contributed by atoms with Crippen molar-refractivity contribution >= 4 is 62.3 Å². The first-order valence-corrected chi connectivity index (χ1v) is 14.8. The summed E-state index contributed by atoms with van der Waals surface area (Å²) in [6, 6.07) is 18.0. The van der Waals surface area contributed by atoms with E-state index in [9.17, 15) is 18.0 Å². The number of benzene rings is 3. The first-order valence-electron chi connectivity index (χ1n) is 12.2. The molecule has 3 aromatic carbocycles. The third kappa shape index (κ3) is 8.11. The molecular formula is C28H30Cl3N3O4S.